The van der Waals surface area contributed by atoms with Crippen molar-refractivity contribution in [3.63, 3.8) is 0 Å². The molecule has 0 aliphatic carbocycles. The van der Waals surface area contributed by atoms with Crippen LogP contribution in [0.25, 0.3) is 0 Å². The molecule has 2 N–H and O–H groups in total. The molecule has 1 aromatic rings. The van der Waals surface area contributed by atoms with Gasteiger partial charge in [0.2, 0.25) is 0 Å². The van der Waals surface area contributed by atoms with Gasteiger partial charge in [0, 0.05) is 0 Å². The Morgan fingerprint density at radius 2 is 1.92 bits per heavy atom. The molecule has 1 rings (SSSR count). The maximum absolute atomic E-state index is 10.3. The summed E-state index contributed by atoms with van der Waals surface area (Å²) in [5, 5.41) is 16.2. The van der Waals surface area contributed by atoms with Crippen molar-refractivity contribution in [3.8, 4) is 0 Å². The molecule has 3 nitrogen and oxygen atoms in total. The van der Waals surface area contributed by atoms with E-state index in [0.29, 0.717) is 5.56 Å². The molecule has 70 valence electrons. The van der Waals surface area contributed by atoms with Crippen LogP contribution >= 0.6 is 11.6 Å². The van der Waals surface area contributed by atoms with Crippen LogP contribution in [0.1, 0.15) is 12.0 Å². The second kappa shape index (κ2) is 3.77. The van der Waals surface area contributed by atoms with Crippen LogP contribution in [0.15, 0.2) is 30.3 Å². The molecule has 0 heterocycles. The van der Waals surface area contributed by atoms with E-state index < -0.39 is 17.5 Å². The molecule has 0 radical (unpaired) electrons. The van der Waals surface area contributed by atoms with E-state index in [2.05, 4.69) is 0 Å². The lowest BCUT2D eigenvalue weighted by atomic mass is 10.1. The number of carboxylic acids is 1. The first-order chi connectivity index (χ1) is 6.02. The van der Waals surface area contributed by atoms with Gasteiger partial charge in [-0.15, -0.1) is 0 Å². The summed E-state index contributed by atoms with van der Waals surface area (Å²) in [6, 6.07) is 8.29. The summed E-state index contributed by atoms with van der Waals surface area (Å²) in [6.45, 7) is 0. The summed E-state index contributed by atoms with van der Waals surface area (Å²) < 4.78 is 0. The van der Waals surface area contributed by atoms with Crippen molar-refractivity contribution in [1.29, 1.82) is 0 Å². The highest BCUT2D eigenvalue weighted by molar-refractivity contribution is 6.23. The number of aliphatic carboxylic acids is 1. The molecule has 0 saturated heterocycles. The van der Waals surface area contributed by atoms with E-state index in [-0.39, 0.29) is 0 Å². The number of hydrogen-bond acceptors (Lipinski definition) is 2. The lowest BCUT2D eigenvalue weighted by Gasteiger charge is -2.18. The van der Waals surface area contributed by atoms with Crippen molar-refractivity contribution < 1.29 is 15.0 Å². The molecule has 0 aromatic heterocycles. The van der Waals surface area contributed by atoms with E-state index in [4.69, 9.17) is 16.7 Å². The van der Waals surface area contributed by atoms with Gasteiger partial charge in [0.15, 0.2) is 5.06 Å². The molecule has 0 aliphatic heterocycles. The van der Waals surface area contributed by atoms with Gasteiger partial charge in [0.25, 0.3) is 0 Å². The molecular formula is C9H9ClO3. The summed E-state index contributed by atoms with van der Waals surface area (Å²) >= 11 is 5.63. The van der Waals surface area contributed by atoms with Crippen LogP contribution in [-0.2, 0) is 9.85 Å². The summed E-state index contributed by atoms with van der Waals surface area (Å²) in [4.78, 5) is 10.3. The molecule has 1 aromatic carbocycles. The van der Waals surface area contributed by atoms with Crippen LogP contribution in [0, 0.1) is 0 Å². The number of halogens is 1. The Hall–Kier alpha value is -1.06. The Bertz CT molecular complexity index is 295. The number of alkyl halides is 1. The maximum Gasteiger partial charge on any atom is 0.307 e. The Labute approximate surface area is 80.6 Å². The van der Waals surface area contributed by atoms with Gasteiger partial charge >= 0.3 is 5.97 Å². The molecule has 1 unspecified atom stereocenters. The zero-order chi connectivity index (χ0) is 9.90. The van der Waals surface area contributed by atoms with Gasteiger partial charge in [-0.05, 0) is 5.56 Å². The Kier molecular flexibility index (Phi) is 2.90. The van der Waals surface area contributed by atoms with Crippen molar-refractivity contribution in [1.82, 2.24) is 0 Å². The molecule has 0 spiro atoms. The van der Waals surface area contributed by atoms with Crippen molar-refractivity contribution >= 4 is 17.6 Å². The average Bonchev–Trinajstić information content (AvgIpc) is 2.04. The summed E-state index contributed by atoms with van der Waals surface area (Å²) in [5.74, 6) is -1.14. The molecule has 1 atom stereocenters. The highest BCUT2D eigenvalue weighted by Crippen LogP contribution is 2.29. The smallest absolute Gasteiger partial charge is 0.307 e. The van der Waals surface area contributed by atoms with Crippen LogP contribution < -0.4 is 0 Å². The molecule has 4 heteroatoms. The number of carboxylic acid groups (broad SMARTS) is 1. The number of hydrogen-bond donors (Lipinski definition) is 2. The second-order valence-corrected chi connectivity index (χ2v) is 3.32. The molecule has 0 bridgehead atoms. The standard InChI is InChI=1S/C9H9ClO3/c10-9(13,6-8(11)12)7-4-2-1-3-5-7/h1-5,13H,6H2,(H,11,12). The topological polar surface area (TPSA) is 57.5 Å². The third-order valence-corrected chi connectivity index (χ3v) is 1.95. The molecule has 0 saturated carbocycles. The average molecular weight is 201 g/mol. The van der Waals surface area contributed by atoms with E-state index in [1.54, 1.807) is 30.3 Å². The van der Waals surface area contributed by atoms with E-state index >= 15 is 0 Å². The largest absolute Gasteiger partial charge is 0.481 e. The van der Waals surface area contributed by atoms with Crippen LogP contribution in [0.5, 0.6) is 0 Å². The fourth-order valence-electron chi connectivity index (χ4n) is 0.996. The Morgan fingerprint density at radius 3 is 2.38 bits per heavy atom. The van der Waals surface area contributed by atoms with E-state index in [0.717, 1.165) is 0 Å². The first-order valence-electron chi connectivity index (χ1n) is 3.71. The van der Waals surface area contributed by atoms with Gasteiger partial charge in [-0.1, -0.05) is 41.9 Å². The molecule has 0 fully saturated rings. The zero-order valence-corrected chi connectivity index (χ0v) is 7.53. The van der Waals surface area contributed by atoms with Gasteiger partial charge < -0.3 is 10.2 Å². The number of carbonyl (C=O) groups is 1. The molecule has 0 aliphatic rings. The number of aliphatic hydroxyl groups is 1. The fourth-order valence-corrected chi connectivity index (χ4v) is 1.24. The van der Waals surface area contributed by atoms with Crippen LogP contribution in [-0.4, -0.2) is 16.2 Å². The van der Waals surface area contributed by atoms with E-state index in [1.165, 1.54) is 0 Å². The van der Waals surface area contributed by atoms with E-state index in [1.807, 2.05) is 0 Å². The van der Waals surface area contributed by atoms with E-state index in [9.17, 15) is 9.90 Å². The van der Waals surface area contributed by atoms with Gasteiger partial charge in [0.05, 0.1) is 6.42 Å². The molecular weight excluding hydrogens is 192 g/mol. The summed E-state index contributed by atoms with van der Waals surface area (Å²) in [5.41, 5.74) is 0.388. The van der Waals surface area contributed by atoms with Gasteiger partial charge in [-0.2, -0.15) is 0 Å². The SMILES string of the molecule is O=C(O)CC(O)(Cl)c1ccccc1. The van der Waals surface area contributed by atoms with Crippen molar-refractivity contribution in [2.45, 2.75) is 11.5 Å². The maximum atomic E-state index is 10.3. The second-order valence-electron chi connectivity index (χ2n) is 2.70. The number of benzene rings is 1. The first-order valence-corrected chi connectivity index (χ1v) is 4.09. The third-order valence-electron chi connectivity index (χ3n) is 1.60. The van der Waals surface area contributed by atoms with Crippen LogP contribution in [0.4, 0.5) is 0 Å². The normalized spacial score (nSPS) is 14.9. The summed E-state index contributed by atoms with van der Waals surface area (Å²) in [7, 11) is 0. The Balaban J connectivity index is 2.87. The minimum absolute atomic E-state index is 0.388. The monoisotopic (exact) mass is 200 g/mol. The highest BCUT2D eigenvalue weighted by Gasteiger charge is 2.28. The quantitative estimate of drug-likeness (QED) is 0.728. The fraction of sp³-hybridized carbons (Fsp3) is 0.222. The third kappa shape index (κ3) is 2.72. The highest BCUT2D eigenvalue weighted by atomic mass is 35.5. The van der Waals surface area contributed by atoms with Gasteiger partial charge in [-0.25, -0.2) is 0 Å². The lowest BCUT2D eigenvalue weighted by Crippen LogP contribution is -2.21. The summed E-state index contributed by atoms with van der Waals surface area (Å²) in [6.07, 6.45) is -0.515. The van der Waals surface area contributed by atoms with Crippen molar-refractivity contribution in [2.24, 2.45) is 0 Å². The lowest BCUT2D eigenvalue weighted by molar-refractivity contribution is -0.140. The Morgan fingerprint density at radius 1 is 1.38 bits per heavy atom. The van der Waals surface area contributed by atoms with Crippen LogP contribution in [0.3, 0.4) is 0 Å². The predicted octanol–water partition coefficient (Wildman–Crippen LogP) is 1.55. The van der Waals surface area contributed by atoms with Crippen molar-refractivity contribution in [3.05, 3.63) is 35.9 Å². The number of rotatable bonds is 3. The first kappa shape index (κ1) is 10.0. The predicted molar refractivity (Wildman–Crippen MR) is 48.4 cm³/mol. The minimum Gasteiger partial charge on any atom is -0.481 e. The molecule has 0 amide bonds. The van der Waals surface area contributed by atoms with Gasteiger partial charge in [0.1, 0.15) is 0 Å². The van der Waals surface area contributed by atoms with Crippen LogP contribution in [0.2, 0.25) is 0 Å². The van der Waals surface area contributed by atoms with Crippen molar-refractivity contribution in [2.75, 3.05) is 0 Å². The zero-order valence-electron chi connectivity index (χ0n) is 6.77. The van der Waals surface area contributed by atoms with Gasteiger partial charge in [-0.3, -0.25) is 4.79 Å². The molecule has 13 heavy (non-hydrogen) atoms. The minimum atomic E-state index is -1.81.